The van der Waals surface area contributed by atoms with E-state index in [0.717, 1.165) is 25.9 Å². The number of ether oxygens (including phenoxy) is 1. The average molecular weight is 183 g/mol. The molecule has 0 aromatic heterocycles. The van der Waals surface area contributed by atoms with Crippen LogP contribution in [0.5, 0.6) is 0 Å². The van der Waals surface area contributed by atoms with Crippen LogP contribution in [0.15, 0.2) is 0 Å². The summed E-state index contributed by atoms with van der Waals surface area (Å²) < 4.78 is 5.22. The SMILES string of the molecule is CO[C@@H]1CCN(C(=O)[C@@H]2C[C@H]2C)C1. The molecule has 74 valence electrons. The number of hydrogen-bond donors (Lipinski definition) is 0. The van der Waals surface area contributed by atoms with E-state index in [1.165, 1.54) is 0 Å². The fraction of sp³-hybridized carbons (Fsp3) is 0.900. The summed E-state index contributed by atoms with van der Waals surface area (Å²) in [6.07, 6.45) is 2.37. The van der Waals surface area contributed by atoms with Crippen molar-refractivity contribution in [2.75, 3.05) is 20.2 Å². The Hall–Kier alpha value is -0.570. The second kappa shape index (κ2) is 3.29. The Morgan fingerprint density at radius 1 is 1.54 bits per heavy atom. The van der Waals surface area contributed by atoms with E-state index in [1.807, 2.05) is 4.90 Å². The van der Waals surface area contributed by atoms with Crippen LogP contribution in [0, 0.1) is 11.8 Å². The van der Waals surface area contributed by atoms with Crippen LogP contribution in [0.2, 0.25) is 0 Å². The Kier molecular flexibility index (Phi) is 2.28. The van der Waals surface area contributed by atoms with Gasteiger partial charge in [0.1, 0.15) is 0 Å². The summed E-state index contributed by atoms with van der Waals surface area (Å²) in [6.45, 7) is 3.84. The predicted molar refractivity (Wildman–Crippen MR) is 49.3 cm³/mol. The number of nitrogens with zero attached hydrogens (tertiary/aromatic N) is 1. The van der Waals surface area contributed by atoms with Crippen LogP contribution in [-0.4, -0.2) is 37.1 Å². The van der Waals surface area contributed by atoms with Gasteiger partial charge in [0, 0.05) is 26.1 Å². The van der Waals surface area contributed by atoms with E-state index in [4.69, 9.17) is 4.74 Å². The van der Waals surface area contributed by atoms with Crippen molar-refractivity contribution < 1.29 is 9.53 Å². The Balaban J connectivity index is 1.85. The van der Waals surface area contributed by atoms with Gasteiger partial charge in [-0.2, -0.15) is 0 Å². The van der Waals surface area contributed by atoms with Crippen molar-refractivity contribution in [3.63, 3.8) is 0 Å². The Morgan fingerprint density at radius 3 is 2.69 bits per heavy atom. The molecule has 0 bridgehead atoms. The summed E-state index contributed by atoms with van der Waals surface area (Å²) in [4.78, 5) is 13.7. The molecule has 0 aromatic rings. The van der Waals surface area contributed by atoms with Crippen molar-refractivity contribution in [3.05, 3.63) is 0 Å². The van der Waals surface area contributed by atoms with Crippen LogP contribution < -0.4 is 0 Å². The normalized spacial score (nSPS) is 38.0. The second-order valence-corrected chi connectivity index (χ2v) is 4.25. The quantitative estimate of drug-likeness (QED) is 0.636. The average Bonchev–Trinajstić information content (AvgIpc) is 2.70. The molecule has 3 heteroatoms. The zero-order valence-corrected chi connectivity index (χ0v) is 8.32. The van der Waals surface area contributed by atoms with Crippen molar-refractivity contribution in [1.82, 2.24) is 4.90 Å². The summed E-state index contributed by atoms with van der Waals surface area (Å²) in [6, 6.07) is 0. The fourth-order valence-corrected chi connectivity index (χ4v) is 2.02. The topological polar surface area (TPSA) is 29.5 Å². The zero-order chi connectivity index (χ0) is 9.42. The molecule has 1 amide bonds. The van der Waals surface area contributed by atoms with Crippen LogP contribution in [0.25, 0.3) is 0 Å². The maximum atomic E-state index is 11.7. The second-order valence-electron chi connectivity index (χ2n) is 4.25. The minimum Gasteiger partial charge on any atom is -0.380 e. The van der Waals surface area contributed by atoms with Gasteiger partial charge in [-0.15, -0.1) is 0 Å². The van der Waals surface area contributed by atoms with Crippen LogP contribution in [0.3, 0.4) is 0 Å². The van der Waals surface area contributed by atoms with Crippen molar-refractivity contribution in [3.8, 4) is 0 Å². The van der Waals surface area contributed by atoms with E-state index in [0.29, 0.717) is 17.7 Å². The third-order valence-corrected chi connectivity index (χ3v) is 3.22. The van der Waals surface area contributed by atoms with E-state index < -0.39 is 0 Å². The van der Waals surface area contributed by atoms with Gasteiger partial charge in [-0.1, -0.05) is 6.92 Å². The molecule has 1 heterocycles. The minimum absolute atomic E-state index is 0.276. The highest BCUT2D eigenvalue weighted by Crippen LogP contribution is 2.39. The Labute approximate surface area is 79.0 Å². The number of methoxy groups -OCH3 is 1. The van der Waals surface area contributed by atoms with Crippen molar-refractivity contribution >= 4 is 5.91 Å². The summed E-state index contributed by atoms with van der Waals surface area (Å²) >= 11 is 0. The van der Waals surface area contributed by atoms with Gasteiger partial charge in [-0.05, 0) is 18.8 Å². The van der Waals surface area contributed by atoms with Gasteiger partial charge in [-0.25, -0.2) is 0 Å². The van der Waals surface area contributed by atoms with E-state index in [2.05, 4.69) is 6.92 Å². The van der Waals surface area contributed by atoms with E-state index in [-0.39, 0.29) is 6.10 Å². The summed E-state index contributed by atoms with van der Waals surface area (Å²) in [5.41, 5.74) is 0. The number of likely N-dealkylation sites (tertiary alicyclic amines) is 1. The highest BCUT2D eigenvalue weighted by Gasteiger charge is 2.42. The molecule has 3 nitrogen and oxygen atoms in total. The third-order valence-electron chi connectivity index (χ3n) is 3.22. The Morgan fingerprint density at radius 2 is 2.23 bits per heavy atom. The number of carbonyl (C=O) groups excluding carboxylic acids is 1. The first kappa shape index (κ1) is 9.00. The largest absolute Gasteiger partial charge is 0.380 e. The molecule has 2 fully saturated rings. The molecule has 1 aliphatic carbocycles. The predicted octanol–water partition coefficient (Wildman–Crippen LogP) is 0.890. The van der Waals surface area contributed by atoms with E-state index in [9.17, 15) is 4.79 Å². The first-order valence-electron chi connectivity index (χ1n) is 5.04. The molecule has 13 heavy (non-hydrogen) atoms. The summed E-state index contributed by atoms with van der Waals surface area (Å²) in [5.74, 6) is 1.30. The molecule has 0 aromatic carbocycles. The van der Waals surface area contributed by atoms with Crippen molar-refractivity contribution in [1.29, 1.82) is 0 Å². The molecule has 2 rings (SSSR count). The zero-order valence-electron chi connectivity index (χ0n) is 8.32. The van der Waals surface area contributed by atoms with Crippen molar-refractivity contribution in [2.24, 2.45) is 11.8 Å². The van der Waals surface area contributed by atoms with Gasteiger partial charge in [0.2, 0.25) is 5.91 Å². The number of carbonyl (C=O) groups is 1. The first-order chi connectivity index (χ1) is 6.22. The molecule has 1 aliphatic heterocycles. The Bertz CT molecular complexity index is 217. The maximum Gasteiger partial charge on any atom is 0.226 e. The van der Waals surface area contributed by atoms with Crippen molar-refractivity contribution in [2.45, 2.75) is 25.9 Å². The highest BCUT2D eigenvalue weighted by atomic mass is 16.5. The molecule has 1 saturated heterocycles. The molecule has 1 saturated carbocycles. The van der Waals surface area contributed by atoms with Gasteiger partial charge in [0.15, 0.2) is 0 Å². The molecule has 0 spiro atoms. The summed E-state index contributed by atoms with van der Waals surface area (Å²) in [7, 11) is 1.72. The number of rotatable bonds is 2. The van der Waals surface area contributed by atoms with E-state index >= 15 is 0 Å². The highest BCUT2D eigenvalue weighted by molar-refractivity contribution is 5.81. The molecular formula is C10H17NO2. The standard InChI is InChI=1S/C10H17NO2/c1-7-5-9(7)10(12)11-4-3-8(6-11)13-2/h7-9H,3-6H2,1-2H3/t7-,8-,9-/m1/s1. The lowest BCUT2D eigenvalue weighted by atomic mass is 10.3. The van der Waals surface area contributed by atoms with Crippen LogP contribution in [0.4, 0.5) is 0 Å². The number of amides is 1. The fourth-order valence-electron chi connectivity index (χ4n) is 2.02. The minimum atomic E-state index is 0.276. The third kappa shape index (κ3) is 1.70. The van der Waals surface area contributed by atoms with Gasteiger partial charge >= 0.3 is 0 Å². The lowest BCUT2D eigenvalue weighted by Gasteiger charge is -2.15. The monoisotopic (exact) mass is 183 g/mol. The van der Waals surface area contributed by atoms with Gasteiger partial charge in [0.05, 0.1) is 6.10 Å². The lowest BCUT2D eigenvalue weighted by Crippen LogP contribution is -2.31. The molecule has 3 atom stereocenters. The van der Waals surface area contributed by atoms with Gasteiger partial charge in [-0.3, -0.25) is 4.79 Å². The lowest BCUT2D eigenvalue weighted by molar-refractivity contribution is -0.132. The summed E-state index contributed by atoms with van der Waals surface area (Å²) in [5, 5.41) is 0. The molecule has 2 aliphatic rings. The molecular weight excluding hydrogens is 166 g/mol. The molecule has 0 unspecified atom stereocenters. The van der Waals surface area contributed by atoms with Crippen LogP contribution in [-0.2, 0) is 9.53 Å². The molecule has 0 N–H and O–H groups in total. The smallest absolute Gasteiger partial charge is 0.226 e. The number of hydrogen-bond acceptors (Lipinski definition) is 2. The molecule has 0 radical (unpaired) electrons. The van der Waals surface area contributed by atoms with Gasteiger partial charge < -0.3 is 9.64 Å². The maximum absolute atomic E-state index is 11.7. The van der Waals surface area contributed by atoms with Gasteiger partial charge in [0.25, 0.3) is 0 Å². The van der Waals surface area contributed by atoms with Crippen LogP contribution >= 0.6 is 0 Å². The first-order valence-corrected chi connectivity index (χ1v) is 5.04. The van der Waals surface area contributed by atoms with Crippen LogP contribution in [0.1, 0.15) is 19.8 Å². The van der Waals surface area contributed by atoms with E-state index in [1.54, 1.807) is 7.11 Å².